The van der Waals surface area contributed by atoms with Crippen LogP contribution >= 0.6 is 0 Å². The fourth-order valence-corrected chi connectivity index (χ4v) is 3.03. The molecule has 0 fully saturated rings. The van der Waals surface area contributed by atoms with Crippen LogP contribution in [0.3, 0.4) is 0 Å². The maximum atomic E-state index is 12.5. The molecule has 6 heteroatoms. The van der Waals surface area contributed by atoms with E-state index in [1.54, 1.807) is 12.1 Å². The van der Waals surface area contributed by atoms with E-state index in [-0.39, 0.29) is 16.7 Å². The van der Waals surface area contributed by atoms with Crippen LogP contribution in [0.1, 0.15) is 32.3 Å². The van der Waals surface area contributed by atoms with Gasteiger partial charge in [0.1, 0.15) is 5.58 Å². The molecule has 0 aliphatic rings. The number of benzene rings is 2. The normalized spacial score (nSPS) is 11.4. The number of aryl methyl sites for hydroxylation is 1. The lowest BCUT2D eigenvalue weighted by atomic mass is 10.0. The highest BCUT2D eigenvalue weighted by Crippen LogP contribution is 2.41. The van der Waals surface area contributed by atoms with E-state index in [1.807, 2.05) is 6.07 Å². The second-order valence-electron chi connectivity index (χ2n) is 7.09. The molecule has 0 aliphatic carbocycles. The Labute approximate surface area is 156 Å². The summed E-state index contributed by atoms with van der Waals surface area (Å²) in [5.41, 5.74) is 0.790. The van der Waals surface area contributed by atoms with Gasteiger partial charge in [0.05, 0.1) is 5.39 Å². The zero-order valence-electron chi connectivity index (χ0n) is 15.2. The summed E-state index contributed by atoms with van der Waals surface area (Å²) < 4.78 is 5.72. The molecule has 6 nitrogen and oxygen atoms in total. The van der Waals surface area contributed by atoms with Crippen LogP contribution < -0.4 is 5.43 Å². The molecule has 27 heavy (non-hydrogen) atoms. The molecule has 0 radical (unpaired) electrons. The van der Waals surface area contributed by atoms with Crippen molar-refractivity contribution in [3.05, 3.63) is 46.1 Å². The summed E-state index contributed by atoms with van der Waals surface area (Å²) in [6.45, 7) is 4.33. The Hall–Kier alpha value is -3.15. The van der Waals surface area contributed by atoms with Crippen molar-refractivity contribution >= 4 is 11.0 Å². The summed E-state index contributed by atoms with van der Waals surface area (Å²) in [5, 5.41) is 39.3. The largest absolute Gasteiger partial charge is 0.504 e. The summed E-state index contributed by atoms with van der Waals surface area (Å²) in [5.74, 6) is -2.06. The summed E-state index contributed by atoms with van der Waals surface area (Å²) in [6, 6.07) is 7.44. The molecule has 0 amide bonds. The van der Waals surface area contributed by atoms with E-state index in [1.165, 1.54) is 0 Å². The van der Waals surface area contributed by atoms with E-state index in [4.69, 9.17) is 4.42 Å². The number of hydrogen-bond acceptors (Lipinski definition) is 6. The van der Waals surface area contributed by atoms with Crippen LogP contribution in [0.15, 0.2) is 39.5 Å². The molecule has 0 aliphatic heterocycles. The first-order valence-corrected chi connectivity index (χ1v) is 8.82. The van der Waals surface area contributed by atoms with Crippen LogP contribution in [0, 0.1) is 5.92 Å². The maximum absolute atomic E-state index is 12.5. The van der Waals surface area contributed by atoms with Crippen molar-refractivity contribution in [2.45, 2.75) is 33.1 Å². The van der Waals surface area contributed by atoms with Gasteiger partial charge in [-0.05, 0) is 48.6 Å². The Kier molecular flexibility index (Phi) is 4.99. The van der Waals surface area contributed by atoms with E-state index in [2.05, 4.69) is 13.8 Å². The van der Waals surface area contributed by atoms with Crippen molar-refractivity contribution in [2.75, 3.05) is 0 Å². The topological polar surface area (TPSA) is 111 Å². The van der Waals surface area contributed by atoms with Gasteiger partial charge in [-0.25, -0.2) is 0 Å². The van der Waals surface area contributed by atoms with E-state index in [0.29, 0.717) is 11.5 Å². The summed E-state index contributed by atoms with van der Waals surface area (Å²) >= 11 is 0. The van der Waals surface area contributed by atoms with Gasteiger partial charge in [-0.15, -0.1) is 0 Å². The van der Waals surface area contributed by atoms with Gasteiger partial charge in [0.2, 0.25) is 11.2 Å². The predicted octanol–water partition coefficient (Wildman–Crippen LogP) is 4.26. The van der Waals surface area contributed by atoms with Gasteiger partial charge in [0.25, 0.3) is 0 Å². The Morgan fingerprint density at radius 2 is 1.63 bits per heavy atom. The number of rotatable bonds is 5. The molecule has 142 valence electrons. The average molecular weight is 370 g/mol. The third-order valence-corrected chi connectivity index (χ3v) is 4.51. The van der Waals surface area contributed by atoms with Crippen LogP contribution in [-0.2, 0) is 6.42 Å². The minimum atomic E-state index is -0.686. The Morgan fingerprint density at radius 3 is 2.26 bits per heavy atom. The fraction of sp³-hybridized carbons (Fsp3) is 0.286. The first kappa shape index (κ1) is 18.6. The van der Waals surface area contributed by atoms with Crippen molar-refractivity contribution in [3.8, 4) is 34.3 Å². The highest BCUT2D eigenvalue weighted by molar-refractivity contribution is 5.83. The van der Waals surface area contributed by atoms with Crippen molar-refractivity contribution in [2.24, 2.45) is 5.92 Å². The zero-order chi connectivity index (χ0) is 19.7. The van der Waals surface area contributed by atoms with E-state index in [9.17, 15) is 25.2 Å². The van der Waals surface area contributed by atoms with Gasteiger partial charge >= 0.3 is 0 Å². The Morgan fingerprint density at radius 1 is 0.963 bits per heavy atom. The van der Waals surface area contributed by atoms with Crippen molar-refractivity contribution in [1.29, 1.82) is 0 Å². The highest BCUT2D eigenvalue weighted by atomic mass is 16.4. The molecular weight excluding hydrogens is 348 g/mol. The molecule has 4 N–H and O–H groups in total. The molecule has 0 unspecified atom stereocenters. The van der Waals surface area contributed by atoms with Crippen LogP contribution in [0.25, 0.3) is 22.3 Å². The lowest BCUT2D eigenvalue weighted by molar-refractivity contribution is 0.368. The number of phenolic OH excluding ortho intramolecular Hbond substituents is 3. The van der Waals surface area contributed by atoms with Crippen molar-refractivity contribution < 1.29 is 24.8 Å². The molecule has 1 aromatic heterocycles. The maximum Gasteiger partial charge on any atom is 0.235 e. The van der Waals surface area contributed by atoms with Crippen LogP contribution in [0.2, 0.25) is 0 Å². The second-order valence-corrected chi connectivity index (χ2v) is 7.09. The van der Waals surface area contributed by atoms with Crippen LogP contribution in [0.4, 0.5) is 0 Å². The van der Waals surface area contributed by atoms with E-state index >= 15 is 0 Å². The smallest absolute Gasteiger partial charge is 0.235 e. The third-order valence-electron chi connectivity index (χ3n) is 4.51. The van der Waals surface area contributed by atoms with Crippen LogP contribution in [-0.4, -0.2) is 20.4 Å². The molecule has 0 bridgehead atoms. The lowest BCUT2D eigenvalue weighted by Crippen LogP contribution is -2.03. The van der Waals surface area contributed by atoms with Gasteiger partial charge in [-0.1, -0.05) is 26.3 Å². The molecule has 0 saturated carbocycles. The summed E-state index contributed by atoms with van der Waals surface area (Å²) in [7, 11) is 0. The molecule has 3 rings (SSSR count). The van der Waals surface area contributed by atoms with Gasteiger partial charge < -0.3 is 24.8 Å². The van der Waals surface area contributed by atoms with Gasteiger partial charge in [-0.3, -0.25) is 4.79 Å². The molecule has 0 atom stereocenters. The van der Waals surface area contributed by atoms with Gasteiger partial charge in [-0.2, -0.15) is 0 Å². The number of aromatic hydroxyl groups is 4. The average Bonchev–Trinajstić information content (AvgIpc) is 2.62. The zero-order valence-corrected chi connectivity index (χ0v) is 15.2. The molecule has 2 aromatic carbocycles. The van der Waals surface area contributed by atoms with Gasteiger partial charge in [0.15, 0.2) is 23.0 Å². The number of hydrogen-bond donors (Lipinski definition) is 4. The Balaban J connectivity index is 2.08. The SMILES string of the molecule is CC(C)CCCc1ccc2c(=O)c(O)c(-c3cc(O)c(O)c(O)c3)oc2c1. The molecule has 1 heterocycles. The van der Waals surface area contributed by atoms with E-state index in [0.717, 1.165) is 37.0 Å². The molecule has 0 spiro atoms. The predicted molar refractivity (Wildman–Crippen MR) is 102 cm³/mol. The number of phenols is 3. The van der Waals surface area contributed by atoms with Crippen molar-refractivity contribution in [3.63, 3.8) is 0 Å². The fourth-order valence-electron chi connectivity index (χ4n) is 3.03. The lowest BCUT2D eigenvalue weighted by Gasteiger charge is -2.09. The van der Waals surface area contributed by atoms with Crippen LogP contribution in [0.5, 0.6) is 23.0 Å². The standard InChI is InChI=1S/C21H22O6/c1-11(2)4-3-5-12-6-7-14-17(8-12)27-21(20(26)18(14)24)13-9-15(22)19(25)16(23)10-13/h6-11,22-23,25-26H,3-5H2,1-2H3. The molecular formula is C21H22O6. The summed E-state index contributed by atoms with van der Waals surface area (Å²) in [4.78, 5) is 12.5. The summed E-state index contributed by atoms with van der Waals surface area (Å²) in [6.07, 6.45) is 2.95. The van der Waals surface area contributed by atoms with Crippen molar-refractivity contribution in [1.82, 2.24) is 0 Å². The quantitative estimate of drug-likeness (QED) is 0.499. The Bertz CT molecular complexity index is 1030. The minimum absolute atomic E-state index is 0.0736. The highest BCUT2D eigenvalue weighted by Gasteiger charge is 2.18. The first-order chi connectivity index (χ1) is 12.8. The second kappa shape index (κ2) is 7.23. The van der Waals surface area contributed by atoms with E-state index < -0.39 is 28.4 Å². The molecule has 3 aromatic rings. The third kappa shape index (κ3) is 3.69. The number of fused-ring (bicyclic) bond motifs is 1. The minimum Gasteiger partial charge on any atom is -0.504 e. The monoisotopic (exact) mass is 370 g/mol. The van der Waals surface area contributed by atoms with Gasteiger partial charge in [0, 0.05) is 5.56 Å². The first-order valence-electron chi connectivity index (χ1n) is 8.82. The molecule has 0 saturated heterocycles.